The molecule has 0 saturated carbocycles. The van der Waals surface area contributed by atoms with Crippen LogP contribution in [0.3, 0.4) is 0 Å². The molecule has 0 spiro atoms. The molecule has 2 aromatic rings. The van der Waals surface area contributed by atoms with Crippen LogP contribution in [0, 0.1) is 5.92 Å². The van der Waals surface area contributed by atoms with Gasteiger partial charge in [-0.1, -0.05) is 42.5 Å². The number of benzene rings is 1. The second-order valence-corrected chi connectivity index (χ2v) is 5.23. The van der Waals surface area contributed by atoms with Crippen molar-refractivity contribution in [1.29, 1.82) is 0 Å². The van der Waals surface area contributed by atoms with Crippen molar-refractivity contribution in [1.82, 2.24) is 9.78 Å². The molecule has 24 heavy (non-hydrogen) atoms. The predicted octanol–water partition coefficient (Wildman–Crippen LogP) is 2.40. The van der Waals surface area contributed by atoms with E-state index in [0.717, 1.165) is 5.56 Å². The van der Waals surface area contributed by atoms with Gasteiger partial charge < -0.3 is 9.84 Å². The Morgan fingerprint density at radius 1 is 1.33 bits per heavy atom. The summed E-state index contributed by atoms with van der Waals surface area (Å²) in [6.07, 6.45) is 7.33. The van der Waals surface area contributed by atoms with Gasteiger partial charge in [-0.25, -0.2) is 0 Å². The van der Waals surface area contributed by atoms with Gasteiger partial charge in [-0.05, 0) is 24.5 Å². The average Bonchev–Trinajstić information content (AvgIpc) is 3.01. The maximum absolute atomic E-state index is 11.7. The van der Waals surface area contributed by atoms with Gasteiger partial charge in [0.15, 0.2) is 5.92 Å². The molecule has 1 N–H and O–H groups in total. The molecule has 6 heteroatoms. The van der Waals surface area contributed by atoms with Crippen LogP contribution in [0.1, 0.15) is 18.1 Å². The summed E-state index contributed by atoms with van der Waals surface area (Å²) in [5.41, 5.74) is 1.78. The quantitative estimate of drug-likeness (QED) is 0.594. The molecule has 1 aromatic heterocycles. The number of ether oxygens (including phenoxy) is 1. The minimum Gasteiger partial charge on any atom is -0.481 e. The molecule has 0 saturated heterocycles. The number of nitrogens with zero attached hydrogens (tertiary/aromatic N) is 2. The highest BCUT2D eigenvalue weighted by molar-refractivity contribution is 5.94. The molecular formula is C18H20N2O4. The van der Waals surface area contributed by atoms with Gasteiger partial charge in [0.2, 0.25) is 0 Å². The van der Waals surface area contributed by atoms with E-state index in [-0.39, 0.29) is 13.0 Å². The van der Waals surface area contributed by atoms with Crippen LogP contribution in [0.4, 0.5) is 0 Å². The SMILES string of the molecule is CCOC(=O)C(Cc1cnn(CC=Cc2ccccc2)c1)C(=O)O. The van der Waals surface area contributed by atoms with E-state index in [9.17, 15) is 9.59 Å². The minimum atomic E-state index is -1.21. The third kappa shape index (κ3) is 5.08. The normalized spacial score (nSPS) is 12.2. The Hall–Kier alpha value is -2.89. The van der Waals surface area contributed by atoms with Gasteiger partial charge >= 0.3 is 11.9 Å². The zero-order valence-corrected chi connectivity index (χ0v) is 13.5. The largest absolute Gasteiger partial charge is 0.481 e. The topological polar surface area (TPSA) is 81.4 Å². The lowest BCUT2D eigenvalue weighted by Gasteiger charge is -2.09. The Morgan fingerprint density at radius 2 is 2.08 bits per heavy atom. The summed E-state index contributed by atoms with van der Waals surface area (Å²) in [7, 11) is 0. The first-order valence-corrected chi connectivity index (χ1v) is 7.72. The molecule has 0 aliphatic rings. The van der Waals surface area contributed by atoms with E-state index in [1.54, 1.807) is 24.0 Å². The van der Waals surface area contributed by atoms with Crippen LogP contribution in [-0.2, 0) is 27.3 Å². The Bertz CT molecular complexity index is 707. The maximum Gasteiger partial charge on any atom is 0.320 e. The van der Waals surface area contributed by atoms with E-state index in [1.165, 1.54) is 0 Å². The van der Waals surface area contributed by atoms with Gasteiger partial charge in [-0.2, -0.15) is 5.10 Å². The first-order chi connectivity index (χ1) is 11.6. The van der Waals surface area contributed by atoms with E-state index < -0.39 is 17.9 Å². The summed E-state index contributed by atoms with van der Waals surface area (Å²) < 4.78 is 6.49. The van der Waals surface area contributed by atoms with Gasteiger partial charge in [0, 0.05) is 6.20 Å². The number of hydrogen-bond donors (Lipinski definition) is 1. The highest BCUT2D eigenvalue weighted by Crippen LogP contribution is 2.11. The highest BCUT2D eigenvalue weighted by Gasteiger charge is 2.28. The van der Waals surface area contributed by atoms with Crippen LogP contribution in [-0.4, -0.2) is 33.4 Å². The molecule has 0 bridgehead atoms. The monoisotopic (exact) mass is 328 g/mol. The molecule has 1 unspecified atom stereocenters. The molecule has 0 fully saturated rings. The van der Waals surface area contributed by atoms with Crippen LogP contribution in [0.5, 0.6) is 0 Å². The number of esters is 1. The number of carboxylic acids is 1. The van der Waals surface area contributed by atoms with Gasteiger partial charge in [0.25, 0.3) is 0 Å². The second kappa shape index (κ2) is 8.67. The standard InChI is InChI=1S/C18H20N2O4/c1-2-24-18(23)16(17(21)22)11-15-12-19-20(13-15)10-6-9-14-7-4-3-5-8-14/h3-9,12-13,16H,2,10-11H2,1H3,(H,21,22). The Morgan fingerprint density at radius 3 is 2.75 bits per heavy atom. The number of aliphatic carboxylic acids is 1. The van der Waals surface area contributed by atoms with Crippen molar-refractivity contribution in [3.8, 4) is 0 Å². The van der Waals surface area contributed by atoms with Crippen molar-refractivity contribution < 1.29 is 19.4 Å². The summed E-state index contributed by atoms with van der Waals surface area (Å²) in [5, 5.41) is 13.4. The van der Waals surface area contributed by atoms with Crippen LogP contribution in [0.25, 0.3) is 6.08 Å². The molecule has 0 aliphatic heterocycles. The molecule has 6 nitrogen and oxygen atoms in total. The van der Waals surface area contributed by atoms with Crippen molar-refractivity contribution in [2.24, 2.45) is 5.92 Å². The van der Waals surface area contributed by atoms with Gasteiger partial charge in [0.05, 0.1) is 19.3 Å². The van der Waals surface area contributed by atoms with Crippen LogP contribution >= 0.6 is 0 Å². The minimum absolute atomic E-state index is 0.0660. The fourth-order valence-electron chi connectivity index (χ4n) is 2.22. The van der Waals surface area contributed by atoms with E-state index in [4.69, 9.17) is 9.84 Å². The van der Waals surface area contributed by atoms with E-state index in [0.29, 0.717) is 12.1 Å². The molecule has 1 atom stereocenters. The number of carbonyl (C=O) groups is 2. The van der Waals surface area contributed by atoms with Crippen molar-refractivity contribution >= 4 is 18.0 Å². The fraction of sp³-hybridized carbons (Fsp3) is 0.278. The number of allylic oxidation sites excluding steroid dienone is 1. The predicted molar refractivity (Wildman–Crippen MR) is 89.2 cm³/mol. The number of rotatable bonds is 8. The molecule has 1 aromatic carbocycles. The molecule has 2 rings (SSSR count). The molecular weight excluding hydrogens is 308 g/mol. The molecule has 126 valence electrons. The van der Waals surface area contributed by atoms with Crippen LogP contribution in [0.15, 0.2) is 48.8 Å². The van der Waals surface area contributed by atoms with Crippen molar-refractivity contribution in [2.75, 3.05) is 6.61 Å². The van der Waals surface area contributed by atoms with Gasteiger partial charge in [-0.15, -0.1) is 0 Å². The zero-order valence-electron chi connectivity index (χ0n) is 13.5. The summed E-state index contributed by atoms with van der Waals surface area (Å²) in [5.74, 6) is -3.12. The molecule has 0 radical (unpaired) electrons. The van der Waals surface area contributed by atoms with E-state index in [2.05, 4.69) is 5.10 Å². The van der Waals surface area contributed by atoms with Gasteiger partial charge in [0.1, 0.15) is 0 Å². The summed E-state index contributed by atoms with van der Waals surface area (Å²) >= 11 is 0. The number of carboxylic acid groups (broad SMARTS) is 1. The lowest BCUT2D eigenvalue weighted by Crippen LogP contribution is -2.27. The average molecular weight is 328 g/mol. The molecule has 0 aliphatic carbocycles. The Labute approximate surface area is 140 Å². The van der Waals surface area contributed by atoms with E-state index in [1.807, 2.05) is 42.5 Å². The third-order valence-corrected chi connectivity index (χ3v) is 3.40. The van der Waals surface area contributed by atoms with Crippen LogP contribution in [0.2, 0.25) is 0 Å². The smallest absolute Gasteiger partial charge is 0.320 e. The van der Waals surface area contributed by atoms with Crippen molar-refractivity contribution in [3.63, 3.8) is 0 Å². The number of aromatic nitrogens is 2. The molecule has 0 amide bonds. The summed E-state index contributed by atoms with van der Waals surface area (Å²) in [4.78, 5) is 22.9. The van der Waals surface area contributed by atoms with Gasteiger partial charge in [-0.3, -0.25) is 14.3 Å². The Kier molecular flexibility index (Phi) is 6.31. The third-order valence-electron chi connectivity index (χ3n) is 3.40. The Balaban J connectivity index is 1.95. The van der Waals surface area contributed by atoms with Crippen molar-refractivity contribution in [3.05, 3.63) is 59.9 Å². The van der Waals surface area contributed by atoms with Crippen LogP contribution < -0.4 is 0 Å². The lowest BCUT2D eigenvalue weighted by molar-refractivity contribution is -0.158. The summed E-state index contributed by atoms with van der Waals surface area (Å²) in [6, 6.07) is 9.89. The first-order valence-electron chi connectivity index (χ1n) is 7.72. The van der Waals surface area contributed by atoms with Crippen molar-refractivity contribution in [2.45, 2.75) is 19.9 Å². The fourth-order valence-corrected chi connectivity index (χ4v) is 2.22. The zero-order chi connectivity index (χ0) is 17.4. The highest BCUT2D eigenvalue weighted by atomic mass is 16.5. The summed E-state index contributed by atoms with van der Waals surface area (Å²) in [6.45, 7) is 2.37. The maximum atomic E-state index is 11.7. The number of hydrogen-bond acceptors (Lipinski definition) is 4. The number of carbonyl (C=O) groups excluding carboxylic acids is 1. The first kappa shape index (κ1) is 17.5. The van der Waals surface area contributed by atoms with E-state index >= 15 is 0 Å². The second-order valence-electron chi connectivity index (χ2n) is 5.23. The molecule has 1 heterocycles. The lowest BCUT2D eigenvalue weighted by atomic mass is 10.0.